The van der Waals surface area contributed by atoms with Crippen molar-refractivity contribution in [3.8, 4) is 0 Å². The molecule has 2 unspecified atom stereocenters. The normalized spacial score (nSPS) is 19.0. The van der Waals surface area contributed by atoms with Gasteiger partial charge in [0.2, 0.25) is 11.8 Å². The molecule has 3 rings (SSSR count). The fourth-order valence-corrected chi connectivity index (χ4v) is 3.30. The van der Waals surface area contributed by atoms with Crippen molar-refractivity contribution in [2.75, 3.05) is 10.6 Å². The second-order valence-corrected chi connectivity index (χ2v) is 6.84. The largest absolute Gasteiger partial charge is 0.326 e. The maximum Gasteiger partial charge on any atom is 0.228 e. The molecule has 2 aromatic rings. The Hall–Kier alpha value is -2.59. The number of aryl methyl sites for hydroxylation is 1. The van der Waals surface area contributed by atoms with E-state index in [0.29, 0.717) is 23.6 Å². The van der Waals surface area contributed by atoms with Gasteiger partial charge in [-0.1, -0.05) is 54.1 Å². The van der Waals surface area contributed by atoms with Gasteiger partial charge in [0.15, 0.2) is 0 Å². The van der Waals surface area contributed by atoms with Gasteiger partial charge >= 0.3 is 0 Å². The van der Waals surface area contributed by atoms with Crippen LogP contribution in [0.5, 0.6) is 0 Å². The van der Waals surface area contributed by atoms with Crippen LogP contribution < -0.4 is 10.6 Å². The average molecular weight is 369 g/mol. The number of anilines is 2. The SMILES string of the molecule is Cc1ccccc1NC(=O)C1CC=CCC1C(=O)Nc1ccccc1Cl. The molecular weight excluding hydrogens is 348 g/mol. The van der Waals surface area contributed by atoms with E-state index < -0.39 is 11.8 Å². The van der Waals surface area contributed by atoms with Crippen LogP contribution in [0.3, 0.4) is 0 Å². The number of allylic oxidation sites excluding steroid dienone is 2. The molecule has 0 aliphatic heterocycles. The van der Waals surface area contributed by atoms with Gasteiger partial charge in [-0.25, -0.2) is 0 Å². The number of benzene rings is 2. The first-order valence-electron chi connectivity index (χ1n) is 8.63. The lowest BCUT2D eigenvalue weighted by atomic mass is 9.81. The van der Waals surface area contributed by atoms with Crippen molar-refractivity contribution in [2.24, 2.45) is 11.8 Å². The standard InChI is InChI=1S/C21H21ClN2O2/c1-14-8-2-6-12-18(14)23-20(25)15-9-3-4-10-16(15)21(26)24-19-13-7-5-11-17(19)22/h2-8,11-13,15-16H,9-10H2,1H3,(H,23,25)(H,24,26). The van der Waals surface area contributed by atoms with Crippen molar-refractivity contribution in [3.05, 3.63) is 71.3 Å². The Bertz CT molecular complexity index is 778. The maximum atomic E-state index is 12.8. The number of carbonyl (C=O) groups excluding carboxylic acids is 2. The first kappa shape index (κ1) is 18.2. The first-order valence-corrected chi connectivity index (χ1v) is 9.01. The highest BCUT2D eigenvalue weighted by Gasteiger charge is 2.34. The minimum atomic E-state index is -0.430. The van der Waals surface area contributed by atoms with Crippen molar-refractivity contribution in [3.63, 3.8) is 0 Å². The third-order valence-corrected chi connectivity index (χ3v) is 4.97. The average Bonchev–Trinajstić information content (AvgIpc) is 2.65. The lowest BCUT2D eigenvalue weighted by Crippen LogP contribution is -2.37. The smallest absolute Gasteiger partial charge is 0.228 e. The van der Waals surface area contributed by atoms with E-state index in [1.54, 1.807) is 18.2 Å². The van der Waals surface area contributed by atoms with Crippen LogP contribution in [0.25, 0.3) is 0 Å². The zero-order valence-corrected chi connectivity index (χ0v) is 15.3. The molecule has 134 valence electrons. The summed E-state index contributed by atoms with van der Waals surface area (Å²) in [7, 11) is 0. The van der Waals surface area contributed by atoms with Crippen LogP contribution in [0, 0.1) is 18.8 Å². The summed E-state index contributed by atoms with van der Waals surface area (Å²) in [6.07, 6.45) is 4.98. The number of hydrogen-bond acceptors (Lipinski definition) is 2. The molecule has 0 saturated carbocycles. The summed E-state index contributed by atoms with van der Waals surface area (Å²) < 4.78 is 0. The van der Waals surface area contributed by atoms with Gasteiger partial charge in [0.05, 0.1) is 22.5 Å². The summed E-state index contributed by atoms with van der Waals surface area (Å²) in [5.74, 6) is -1.17. The highest BCUT2D eigenvalue weighted by molar-refractivity contribution is 6.33. The lowest BCUT2D eigenvalue weighted by Gasteiger charge is -2.27. The van der Waals surface area contributed by atoms with Gasteiger partial charge in [-0.2, -0.15) is 0 Å². The first-order chi connectivity index (χ1) is 12.6. The predicted octanol–water partition coefficient (Wildman–Crippen LogP) is 4.81. The van der Waals surface area contributed by atoms with Crippen molar-refractivity contribution in [2.45, 2.75) is 19.8 Å². The quantitative estimate of drug-likeness (QED) is 0.761. The topological polar surface area (TPSA) is 58.2 Å². The van der Waals surface area contributed by atoms with Gasteiger partial charge in [0.1, 0.15) is 0 Å². The number of nitrogens with one attached hydrogen (secondary N) is 2. The molecule has 2 atom stereocenters. The van der Waals surface area contributed by atoms with Crippen LogP contribution in [0.4, 0.5) is 11.4 Å². The summed E-state index contributed by atoms with van der Waals surface area (Å²) in [4.78, 5) is 25.6. The molecule has 0 aromatic heterocycles. The minimum absolute atomic E-state index is 0.136. The summed E-state index contributed by atoms with van der Waals surface area (Å²) in [5, 5.41) is 6.30. The Labute approximate surface area is 158 Å². The highest BCUT2D eigenvalue weighted by atomic mass is 35.5. The number of halogens is 1. The third-order valence-electron chi connectivity index (χ3n) is 4.64. The van der Waals surface area contributed by atoms with E-state index >= 15 is 0 Å². The van der Waals surface area contributed by atoms with Crippen LogP contribution in [0.1, 0.15) is 18.4 Å². The third kappa shape index (κ3) is 4.14. The van der Waals surface area contributed by atoms with Gasteiger partial charge in [0.25, 0.3) is 0 Å². The molecule has 26 heavy (non-hydrogen) atoms. The molecule has 0 radical (unpaired) electrons. The van der Waals surface area contributed by atoms with Crippen molar-refractivity contribution in [1.29, 1.82) is 0 Å². The molecule has 0 saturated heterocycles. The zero-order chi connectivity index (χ0) is 18.5. The Morgan fingerprint density at radius 3 is 1.92 bits per heavy atom. The van der Waals surface area contributed by atoms with Gasteiger partial charge in [-0.3, -0.25) is 9.59 Å². The van der Waals surface area contributed by atoms with Gasteiger partial charge in [-0.15, -0.1) is 0 Å². The Morgan fingerprint density at radius 1 is 0.846 bits per heavy atom. The predicted molar refractivity (Wildman–Crippen MR) is 105 cm³/mol. The van der Waals surface area contributed by atoms with E-state index in [0.717, 1.165) is 11.3 Å². The number of rotatable bonds is 4. The summed E-state index contributed by atoms with van der Waals surface area (Å²) >= 11 is 6.12. The fourth-order valence-electron chi connectivity index (χ4n) is 3.12. The van der Waals surface area contributed by atoms with E-state index in [1.807, 2.05) is 49.4 Å². The van der Waals surface area contributed by atoms with Crippen LogP contribution in [-0.2, 0) is 9.59 Å². The molecule has 5 heteroatoms. The second-order valence-electron chi connectivity index (χ2n) is 6.43. The number of carbonyl (C=O) groups is 2. The molecule has 2 N–H and O–H groups in total. The molecule has 1 aliphatic rings. The molecule has 0 fully saturated rings. The van der Waals surface area contributed by atoms with E-state index in [4.69, 9.17) is 11.6 Å². The molecule has 2 aromatic carbocycles. The van der Waals surface area contributed by atoms with E-state index in [-0.39, 0.29) is 11.8 Å². The molecule has 0 bridgehead atoms. The molecular formula is C21H21ClN2O2. The Kier molecular flexibility index (Phi) is 5.74. The highest BCUT2D eigenvalue weighted by Crippen LogP contribution is 2.30. The monoisotopic (exact) mass is 368 g/mol. The Balaban J connectivity index is 1.74. The molecule has 2 amide bonds. The van der Waals surface area contributed by atoms with Crippen LogP contribution in [0.15, 0.2) is 60.7 Å². The Morgan fingerprint density at radius 2 is 1.35 bits per heavy atom. The number of para-hydroxylation sites is 2. The zero-order valence-electron chi connectivity index (χ0n) is 14.5. The van der Waals surface area contributed by atoms with Crippen molar-refractivity contribution >= 4 is 34.8 Å². The lowest BCUT2D eigenvalue weighted by molar-refractivity contribution is -0.129. The van der Waals surface area contributed by atoms with Crippen LogP contribution in [-0.4, -0.2) is 11.8 Å². The van der Waals surface area contributed by atoms with E-state index in [1.165, 1.54) is 0 Å². The van der Waals surface area contributed by atoms with Gasteiger partial charge < -0.3 is 10.6 Å². The van der Waals surface area contributed by atoms with E-state index in [2.05, 4.69) is 10.6 Å². The van der Waals surface area contributed by atoms with Crippen LogP contribution in [0.2, 0.25) is 5.02 Å². The minimum Gasteiger partial charge on any atom is -0.326 e. The number of hydrogen-bond donors (Lipinski definition) is 2. The van der Waals surface area contributed by atoms with Crippen molar-refractivity contribution < 1.29 is 9.59 Å². The number of amides is 2. The summed E-state index contributed by atoms with van der Waals surface area (Å²) in [6.45, 7) is 1.94. The molecule has 4 nitrogen and oxygen atoms in total. The maximum absolute atomic E-state index is 12.8. The van der Waals surface area contributed by atoms with Gasteiger partial charge in [-0.05, 0) is 43.5 Å². The summed E-state index contributed by atoms with van der Waals surface area (Å²) in [5.41, 5.74) is 2.33. The molecule has 0 spiro atoms. The summed E-state index contributed by atoms with van der Waals surface area (Å²) in [6, 6.07) is 14.7. The fraction of sp³-hybridized carbons (Fsp3) is 0.238. The van der Waals surface area contributed by atoms with Gasteiger partial charge in [0, 0.05) is 5.69 Å². The molecule has 0 heterocycles. The second kappa shape index (κ2) is 8.19. The molecule has 1 aliphatic carbocycles. The van der Waals surface area contributed by atoms with Crippen molar-refractivity contribution in [1.82, 2.24) is 0 Å². The van der Waals surface area contributed by atoms with E-state index in [9.17, 15) is 9.59 Å². The van der Waals surface area contributed by atoms with Crippen LogP contribution >= 0.6 is 11.6 Å².